The zero-order valence-electron chi connectivity index (χ0n) is 23.6. The standard InChI is InChI=1S/C29H33ClF2N6O3/c1-14-11-38(28(40)26-16(3)41-26)15(2)10-37(14)27-18-9-19(30)22(23-20(31)7-6-8-21(23)39)24(32)25(18)33-29(34-27)36-12-17(13-36)35(4)5/h6-9,14-17,26,39H,10-13H2,1-5H3/t14-,15+,16?,26?/m0/s1. The van der Waals surface area contributed by atoms with Gasteiger partial charge in [-0.25, -0.2) is 13.8 Å². The lowest BCUT2D eigenvalue weighted by Crippen LogP contribution is -2.60. The third-order valence-corrected chi connectivity index (χ3v) is 8.76. The zero-order chi connectivity index (χ0) is 29.3. The van der Waals surface area contributed by atoms with Gasteiger partial charge < -0.3 is 29.4 Å². The van der Waals surface area contributed by atoms with Gasteiger partial charge in [0.2, 0.25) is 5.95 Å². The monoisotopic (exact) mass is 586 g/mol. The minimum atomic E-state index is -0.836. The van der Waals surface area contributed by atoms with Gasteiger partial charge in [-0.2, -0.15) is 4.98 Å². The van der Waals surface area contributed by atoms with Gasteiger partial charge in [-0.3, -0.25) is 4.79 Å². The lowest BCUT2D eigenvalue weighted by Gasteiger charge is -2.46. The molecule has 2 unspecified atom stereocenters. The number of halogens is 3. The molecule has 3 saturated heterocycles. The number of likely N-dealkylation sites (N-methyl/N-ethyl adjacent to an activating group) is 1. The van der Waals surface area contributed by atoms with Crippen LogP contribution in [0.5, 0.6) is 5.75 Å². The van der Waals surface area contributed by atoms with Crippen LogP contribution in [0.4, 0.5) is 20.5 Å². The van der Waals surface area contributed by atoms with Crippen molar-refractivity contribution >= 4 is 40.2 Å². The van der Waals surface area contributed by atoms with E-state index >= 15 is 4.39 Å². The Morgan fingerprint density at radius 2 is 1.78 bits per heavy atom. The predicted octanol–water partition coefficient (Wildman–Crippen LogP) is 3.90. The molecule has 2 aromatic carbocycles. The first kappa shape index (κ1) is 27.9. The topological polar surface area (TPSA) is 88.6 Å². The number of phenols is 1. The van der Waals surface area contributed by atoms with Crippen molar-refractivity contribution in [2.24, 2.45) is 0 Å². The number of anilines is 2. The highest BCUT2D eigenvalue weighted by atomic mass is 35.5. The summed E-state index contributed by atoms with van der Waals surface area (Å²) in [6.07, 6.45) is -0.480. The summed E-state index contributed by atoms with van der Waals surface area (Å²) in [6, 6.07) is 5.30. The summed E-state index contributed by atoms with van der Waals surface area (Å²) in [7, 11) is 4.00. The fourth-order valence-electron chi connectivity index (χ4n) is 5.80. The van der Waals surface area contributed by atoms with Gasteiger partial charge in [0.05, 0.1) is 16.7 Å². The first-order chi connectivity index (χ1) is 19.5. The highest BCUT2D eigenvalue weighted by molar-refractivity contribution is 6.34. The van der Waals surface area contributed by atoms with Gasteiger partial charge in [-0.1, -0.05) is 17.7 Å². The number of aromatic nitrogens is 2. The molecule has 0 saturated carbocycles. The van der Waals surface area contributed by atoms with Gasteiger partial charge in [-0.15, -0.1) is 0 Å². The van der Waals surface area contributed by atoms with Crippen molar-refractivity contribution in [2.75, 3.05) is 50.1 Å². The van der Waals surface area contributed by atoms with Gasteiger partial charge >= 0.3 is 0 Å². The van der Waals surface area contributed by atoms with E-state index in [2.05, 4.69) is 14.8 Å². The molecule has 12 heteroatoms. The molecule has 1 N–H and O–H groups in total. The second-order valence-corrected chi connectivity index (χ2v) is 12.0. The Labute approximate surface area is 242 Å². The van der Waals surface area contributed by atoms with E-state index in [1.807, 2.05) is 44.7 Å². The number of phenolic OH excluding ortho intramolecular Hbond substituents is 1. The van der Waals surface area contributed by atoms with Gasteiger partial charge in [0.15, 0.2) is 11.9 Å². The minimum Gasteiger partial charge on any atom is -0.507 e. The van der Waals surface area contributed by atoms with Gasteiger partial charge in [0.25, 0.3) is 5.91 Å². The lowest BCUT2D eigenvalue weighted by molar-refractivity contribution is -0.135. The Bertz CT molecular complexity index is 1510. The number of nitrogens with zero attached hydrogens (tertiary/aromatic N) is 6. The number of rotatable bonds is 5. The number of hydrogen-bond acceptors (Lipinski definition) is 8. The van der Waals surface area contributed by atoms with Crippen LogP contribution < -0.4 is 9.80 Å². The maximum atomic E-state index is 16.4. The number of hydrogen-bond donors (Lipinski definition) is 1. The fraction of sp³-hybridized carbons (Fsp3) is 0.483. The Kier molecular flexibility index (Phi) is 6.94. The van der Waals surface area contributed by atoms with E-state index in [9.17, 15) is 14.3 Å². The first-order valence-corrected chi connectivity index (χ1v) is 14.2. The second-order valence-electron chi connectivity index (χ2n) is 11.5. The summed E-state index contributed by atoms with van der Waals surface area (Å²) < 4.78 is 36.7. The van der Waals surface area contributed by atoms with E-state index in [0.717, 1.165) is 6.07 Å². The quantitative estimate of drug-likeness (QED) is 0.451. The molecule has 3 fully saturated rings. The van der Waals surface area contributed by atoms with Crippen molar-refractivity contribution in [1.29, 1.82) is 0 Å². The number of amides is 1. The number of benzene rings is 2. The van der Waals surface area contributed by atoms with Crippen molar-refractivity contribution < 1.29 is 23.4 Å². The van der Waals surface area contributed by atoms with E-state index in [0.29, 0.717) is 49.4 Å². The molecular formula is C29H33ClF2N6O3. The molecule has 0 aliphatic carbocycles. The van der Waals surface area contributed by atoms with Crippen molar-refractivity contribution in [1.82, 2.24) is 19.8 Å². The van der Waals surface area contributed by atoms with Crippen LogP contribution >= 0.6 is 11.6 Å². The number of carbonyl (C=O) groups excluding carboxylic acids is 1. The smallest absolute Gasteiger partial charge is 0.254 e. The van der Waals surface area contributed by atoms with Crippen LogP contribution in [0, 0.1) is 11.6 Å². The Morgan fingerprint density at radius 1 is 1.07 bits per heavy atom. The number of epoxide rings is 1. The van der Waals surface area contributed by atoms with Crippen molar-refractivity contribution in [2.45, 2.75) is 51.1 Å². The normalized spacial score (nSPS) is 24.8. The third kappa shape index (κ3) is 4.73. The number of piperazine rings is 1. The molecular weight excluding hydrogens is 554 g/mol. The van der Waals surface area contributed by atoms with E-state index in [-0.39, 0.29) is 45.8 Å². The number of ether oxygens (including phenoxy) is 1. The Hall–Kier alpha value is -3.28. The zero-order valence-corrected chi connectivity index (χ0v) is 24.4. The largest absolute Gasteiger partial charge is 0.507 e. The Morgan fingerprint density at radius 3 is 2.41 bits per heavy atom. The molecule has 4 heterocycles. The molecule has 41 heavy (non-hydrogen) atoms. The summed E-state index contributed by atoms with van der Waals surface area (Å²) in [5, 5.41) is 10.7. The molecule has 6 rings (SSSR count). The van der Waals surface area contributed by atoms with Crippen molar-refractivity contribution in [3.8, 4) is 16.9 Å². The number of aromatic hydroxyl groups is 1. The van der Waals surface area contributed by atoms with Crippen LogP contribution in [0.15, 0.2) is 24.3 Å². The van der Waals surface area contributed by atoms with Crippen LogP contribution in [-0.4, -0.2) is 101 Å². The number of carbonyl (C=O) groups is 1. The number of fused-ring (bicyclic) bond motifs is 1. The highest BCUT2D eigenvalue weighted by Crippen LogP contribution is 2.43. The molecule has 0 bridgehead atoms. The summed E-state index contributed by atoms with van der Waals surface area (Å²) in [6.45, 7) is 8.08. The van der Waals surface area contributed by atoms with Gasteiger partial charge in [-0.05, 0) is 53.1 Å². The molecule has 218 valence electrons. The molecule has 1 aromatic heterocycles. The molecule has 1 amide bonds. The summed E-state index contributed by atoms with van der Waals surface area (Å²) in [5.74, 6) is -1.23. The SMILES string of the molecule is CC1OC1C(=O)N1C[C@H](C)N(c2nc(N3CC(N(C)C)C3)nc3c(F)c(-c4c(O)cccc4F)c(Cl)cc23)C[C@H]1C. The van der Waals surface area contributed by atoms with Crippen LogP contribution in [0.25, 0.3) is 22.0 Å². The maximum Gasteiger partial charge on any atom is 0.254 e. The van der Waals surface area contributed by atoms with Crippen LogP contribution in [0.2, 0.25) is 5.02 Å². The summed E-state index contributed by atoms with van der Waals surface area (Å²) >= 11 is 6.60. The van der Waals surface area contributed by atoms with E-state index in [1.165, 1.54) is 18.2 Å². The minimum absolute atomic E-state index is 0.0149. The van der Waals surface area contributed by atoms with Gasteiger partial charge in [0, 0.05) is 55.3 Å². The molecule has 0 spiro atoms. The average molecular weight is 587 g/mol. The first-order valence-electron chi connectivity index (χ1n) is 13.8. The average Bonchev–Trinajstić information content (AvgIpc) is 3.61. The molecule has 9 nitrogen and oxygen atoms in total. The van der Waals surface area contributed by atoms with E-state index in [1.54, 1.807) is 0 Å². The predicted molar refractivity (Wildman–Crippen MR) is 154 cm³/mol. The summed E-state index contributed by atoms with van der Waals surface area (Å²) in [4.78, 5) is 30.5. The highest BCUT2D eigenvalue weighted by Gasteiger charge is 2.46. The van der Waals surface area contributed by atoms with E-state index in [4.69, 9.17) is 21.3 Å². The molecule has 0 radical (unpaired) electrons. The van der Waals surface area contributed by atoms with Crippen LogP contribution in [0.1, 0.15) is 20.8 Å². The molecule has 4 atom stereocenters. The van der Waals surface area contributed by atoms with Crippen molar-refractivity contribution in [3.63, 3.8) is 0 Å². The molecule has 3 aliphatic rings. The maximum absolute atomic E-state index is 16.4. The van der Waals surface area contributed by atoms with Gasteiger partial charge in [0.1, 0.15) is 22.9 Å². The van der Waals surface area contributed by atoms with Crippen LogP contribution in [-0.2, 0) is 9.53 Å². The van der Waals surface area contributed by atoms with Crippen molar-refractivity contribution in [3.05, 3.63) is 40.9 Å². The second kappa shape index (κ2) is 10.2. The summed E-state index contributed by atoms with van der Waals surface area (Å²) in [5.41, 5.74) is -0.588. The van der Waals surface area contributed by atoms with E-state index < -0.39 is 23.5 Å². The molecule has 3 aromatic rings. The molecule has 3 aliphatic heterocycles. The lowest BCUT2D eigenvalue weighted by atomic mass is 10.00. The Balaban J connectivity index is 1.46. The third-order valence-electron chi connectivity index (χ3n) is 8.46. The van der Waals surface area contributed by atoms with Crippen LogP contribution in [0.3, 0.4) is 0 Å². The fourth-order valence-corrected chi connectivity index (χ4v) is 6.09.